The average molecular weight is 821 g/mol. The van der Waals surface area contributed by atoms with Crippen molar-refractivity contribution in [1.29, 1.82) is 0 Å². The number of para-hydroxylation sites is 1. The molecular weight excluding hydrogens is 765 g/mol. The van der Waals surface area contributed by atoms with Gasteiger partial charge in [0.2, 0.25) is 11.8 Å². The first kappa shape index (κ1) is 42.5. The number of rotatable bonds is 15. The van der Waals surface area contributed by atoms with E-state index in [0.717, 1.165) is 44.9 Å². The zero-order chi connectivity index (χ0) is 42.4. The van der Waals surface area contributed by atoms with Crippen LogP contribution >= 0.6 is 0 Å². The number of aromatic hydroxyl groups is 1. The van der Waals surface area contributed by atoms with Crippen molar-refractivity contribution in [2.24, 2.45) is 17.8 Å². The zero-order valence-corrected chi connectivity index (χ0v) is 35.9. The van der Waals surface area contributed by atoms with E-state index in [1.54, 1.807) is 24.3 Å². The third-order valence-corrected chi connectivity index (χ3v) is 17.2. The van der Waals surface area contributed by atoms with Crippen LogP contribution in [0.15, 0.2) is 156 Å². The maximum absolute atomic E-state index is 14.6. The highest BCUT2D eigenvalue weighted by Gasteiger charge is 2.56. The van der Waals surface area contributed by atoms with Gasteiger partial charge in [-0.05, 0) is 106 Å². The average Bonchev–Trinajstić information content (AvgIpc) is 3.51. The summed E-state index contributed by atoms with van der Waals surface area (Å²) >= 11 is 0. The van der Waals surface area contributed by atoms with Crippen LogP contribution in [0, 0.1) is 17.8 Å². The largest absolute Gasteiger partial charge is 0.508 e. The molecule has 60 heavy (non-hydrogen) atoms. The molecule has 310 valence electrons. The number of allylic oxidation sites excluding steroid dienone is 1. The predicted octanol–water partition coefficient (Wildman–Crippen LogP) is 8.76. The van der Waals surface area contributed by atoms with Gasteiger partial charge in [0.25, 0.3) is 8.32 Å². The van der Waals surface area contributed by atoms with Crippen molar-refractivity contribution in [2.45, 2.75) is 64.5 Å². The normalized spacial score (nSPS) is 19.1. The summed E-state index contributed by atoms with van der Waals surface area (Å²) in [4.78, 5) is 30.4. The van der Waals surface area contributed by atoms with Gasteiger partial charge < -0.3 is 25.1 Å². The van der Waals surface area contributed by atoms with E-state index in [-0.39, 0.29) is 35.6 Å². The van der Waals surface area contributed by atoms with Gasteiger partial charge in [-0.1, -0.05) is 130 Å². The molecule has 5 aromatic carbocycles. The fourth-order valence-electron chi connectivity index (χ4n) is 9.32. The van der Waals surface area contributed by atoms with Crippen LogP contribution in [0.2, 0.25) is 5.04 Å². The molecule has 8 nitrogen and oxygen atoms in total. The third-order valence-electron chi connectivity index (χ3n) is 12.3. The zero-order valence-electron chi connectivity index (χ0n) is 34.9. The topological polar surface area (TPSA) is 119 Å². The molecule has 0 aromatic heterocycles. The number of fused-ring (bicyclic) bond motifs is 1. The minimum absolute atomic E-state index is 0.130. The van der Waals surface area contributed by atoms with Crippen LogP contribution in [-0.2, 0) is 14.0 Å². The van der Waals surface area contributed by atoms with Gasteiger partial charge in [0.1, 0.15) is 5.75 Å². The Morgan fingerprint density at radius 3 is 1.93 bits per heavy atom. The van der Waals surface area contributed by atoms with Crippen LogP contribution in [0.3, 0.4) is 0 Å². The lowest BCUT2D eigenvalue weighted by Gasteiger charge is -2.44. The van der Waals surface area contributed by atoms with Gasteiger partial charge in [0.05, 0.1) is 36.8 Å². The van der Waals surface area contributed by atoms with E-state index in [9.17, 15) is 24.9 Å². The molecule has 0 spiro atoms. The number of imide groups is 1. The van der Waals surface area contributed by atoms with Crippen molar-refractivity contribution < 1.29 is 29.3 Å². The van der Waals surface area contributed by atoms with Gasteiger partial charge >= 0.3 is 0 Å². The molecule has 5 aromatic rings. The van der Waals surface area contributed by atoms with E-state index in [2.05, 4.69) is 63.4 Å². The van der Waals surface area contributed by atoms with Crippen LogP contribution < -0.4 is 20.6 Å². The number of phenols is 1. The second-order valence-electron chi connectivity index (χ2n) is 17.0. The van der Waals surface area contributed by atoms with Crippen molar-refractivity contribution >= 4 is 53.6 Å². The van der Waals surface area contributed by atoms with E-state index in [4.69, 9.17) is 4.43 Å². The molecule has 2 amide bonds. The minimum atomic E-state index is -3.06. The first-order valence-electron chi connectivity index (χ1n) is 21.0. The standard InChI is InChI=1S/C51H56N2O6Si/c1-5-35(31-36-21-28-41(55)29-22-36)23-30-46(56)47-37(34-59-60(51(2,3)4,42-17-11-7-12-18-42)43-19-13-8-14-20-43)32-44-48(45(47)33-54)50(58)53(49(44)57)40-26-24-39(25-27-40)52-38-15-9-6-10-16-38/h6-22,24-29,31,44-46,48,52,54-56H,5,23,30,32-34H2,1-4H3/b35-31+/t44-,45+,46-,48-/m1/s1. The van der Waals surface area contributed by atoms with Gasteiger partial charge in [0, 0.05) is 17.3 Å². The summed E-state index contributed by atoms with van der Waals surface area (Å²) in [5, 5.41) is 38.7. The lowest BCUT2D eigenvalue weighted by atomic mass is 9.68. The Kier molecular flexibility index (Phi) is 13.0. The van der Waals surface area contributed by atoms with Gasteiger partial charge in [-0.25, -0.2) is 0 Å². The molecule has 1 fully saturated rings. The highest BCUT2D eigenvalue weighted by atomic mass is 28.4. The van der Waals surface area contributed by atoms with E-state index in [1.807, 2.05) is 91.0 Å². The van der Waals surface area contributed by atoms with E-state index >= 15 is 0 Å². The number of aliphatic hydroxyl groups excluding tert-OH is 2. The molecular formula is C51H56N2O6Si. The van der Waals surface area contributed by atoms with E-state index < -0.39 is 38.8 Å². The molecule has 1 aliphatic carbocycles. The second kappa shape index (κ2) is 18.4. The van der Waals surface area contributed by atoms with E-state index in [0.29, 0.717) is 24.1 Å². The summed E-state index contributed by atoms with van der Waals surface area (Å²) in [7, 11) is -3.06. The number of nitrogens with one attached hydrogen (secondary N) is 1. The summed E-state index contributed by atoms with van der Waals surface area (Å²) in [6.07, 6.45) is 2.98. The molecule has 9 heteroatoms. The molecule has 0 saturated carbocycles. The molecule has 7 rings (SSSR count). The Morgan fingerprint density at radius 1 is 0.817 bits per heavy atom. The van der Waals surface area contributed by atoms with Crippen molar-refractivity contribution in [3.05, 3.63) is 162 Å². The molecule has 0 radical (unpaired) electrons. The molecule has 1 aliphatic heterocycles. The summed E-state index contributed by atoms with van der Waals surface area (Å²) in [6.45, 7) is 8.42. The first-order chi connectivity index (χ1) is 28.9. The van der Waals surface area contributed by atoms with Crippen molar-refractivity contribution in [2.75, 3.05) is 23.4 Å². The Labute approximate surface area is 355 Å². The Morgan fingerprint density at radius 2 is 1.38 bits per heavy atom. The lowest BCUT2D eigenvalue weighted by Crippen LogP contribution is -2.66. The smallest absolute Gasteiger partial charge is 0.261 e. The number of phenolic OH excluding ortho intramolecular Hbond substituents is 1. The molecule has 4 N–H and O–H groups in total. The van der Waals surface area contributed by atoms with Gasteiger partial charge in [-0.15, -0.1) is 0 Å². The monoisotopic (exact) mass is 820 g/mol. The van der Waals surface area contributed by atoms with Crippen LogP contribution in [0.1, 0.15) is 58.9 Å². The third kappa shape index (κ3) is 8.67. The lowest BCUT2D eigenvalue weighted by molar-refractivity contribution is -0.123. The molecule has 2 aliphatic rings. The number of aliphatic hydroxyl groups is 2. The SMILES string of the molecule is CC/C(=C\c1ccc(O)cc1)CC[C@@H](O)C1=C(CO[Si](c2ccccc2)(c2ccccc2)C(C)(C)C)C[C@H]2C(=O)N(c3ccc(Nc4ccccc4)cc3)C(=O)[C@H]2[C@H]1CO. The highest BCUT2D eigenvalue weighted by Crippen LogP contribution is 2.48. The van der Waals surface area contributed by atoms with Crippen molar-refractivity contribution in [3.63, 3.8) is 0 Å². The molecule has 1 heterocycles. The Bertz CT molecular complexity index is 2270. The Balaban J connectivity index is 1.25. The van der Waals surface area contributed by atoms with E-state index in [1.165, 1.54) is 4.90 Å². The van der Waals surface area contributed by atoms with Crippen LogP contribution in [0.25, 0.3) is 6.08 Å². The molecule has 0 bridgehead atoms. The quantitative estimate of drug-likeness (QED) is 0.0474. The number of nitrogens with zero attached hydrogens (tertiary/aromatic N) is 1. The van der Waals surface area contributed by atoms with Crippen molar-refractivity contribution in [1.82, 2.24) is 0 Å². The fraction of sp³-hybridized carbons (Fsp3) is 0.294. The maximum Gasteiger partial charge on any atom is 0.261 e. The predicted molar refractivity (Wildman–Crippen MR) is 243 cm³/mol. The Hall–Kier alpha value is -5.58. The molecule has 0 unspecified atom stereocenters. The van der Waals surface area contributed by atoms with Crippen molar-refractivity contribution in [3.8, 4) is 5.75 Å². The number of benzene rings is 5. The first-order valence-corrected chi connectivity index (χ1v) is 22.9. The minimum Gasteiger partial charge on any atom is -0.508 e. The number of carbonyl (C=O) groups excluding carboxylic acids is 2. The maximum atomic E-state index is 14.6. The highest BCUT2D eigenvalue weighted by molar-refractivity contribution is 6.99. The van der Waals surface area contributed by atoms with Crippen LogP contribution in [0.5, 0.6) is 5.75 Å². The summed E-state index contributed by atoms with van der Waals surface area (Å²) in [5.74, 6) is -2.85. The molecule has 1 saturated heterocycles. The second-order valence-corrected chi connectivity index (χ2v) is 21.3. The number of hydrogen-bond donors (Lipinski definition) is 4. The number of anilines is 3. The number of carbonyl (C=O) groups is 2. The van der Waals surface area contributed by atoms with Gasteiger partial charge in [-0.2, -0.15) is 0 Å². The molecule has 4 atom stereocenters. The fourth-order valence-corrected chi connectivity index (χ4v) is 13.9. The van der Waals surface area contributed by atoms with Gasteiger partial charge in [-0.3, -0.25) is 14.5 Å². The summed E-state index contributed by atoms with van der Waals surface area (Å²) in [5.41, 5.74) is 5.63. The number of amides is 2. The van der Waals surface area contributed by atoms with Crippen LogP contribution in [-0.4, -0.2) is 54.8 Å². The number of hydrogen-bond acceptors (Lipinski definition) is 7. The van der Waals surface area contributed by atoms with Crippen LogP contribution in [0.4, 0.5) is 17.1 Å². The summed E-state index contributed by atoms with van der Waals surface area (Å²) in [6, 6.07) is 44.7. The summed E-state index contributed by atoms with van der Waals surface area (Å²) < 4.78 is 7.44. The van der Waals surface area contributed by atoms with Gasteiger partial charge in [0.15, 0.2) is 0 Å².